The number of nitrogens with one attached hydrogen (secondary N) is 1. The van der Waals surface area contributed by atoms with Crippen molar-refractivity contribution in [3.05, 3.63) is 34.3 Å². The Kier molecular flexibility index (Phi) is 4.55. The van der Waals surface area contributed by atoms with E-state index in [0.717, 1.165) is 48.9 Å². The predicted octanol–water partition coefficient (Wildman–Crippen LogP) is 5.11. The van der Waals surface area contributed by atoms with Crippen LogP contribution in [0.25, 0.3) is 0 Å². The van der Waals surface area contributed by atoms with Crippen LogP contribution in [-0.4, -0.2) is 25.8 Å². The molecule has 4 saturated carbocycles. The fraction of sp³-hybridized carbons (Fsp3) is 0.609. The minimum Gasteiger partial charge on any atom is -0.508 e. The van der Waals surface area contributed by atoms with Gasteiger partial charge in [0.15, 0.2) is 0 Å². The third-order valence-electron chi connectivity index (χ3n) is 7.71. The molecule has 0 radical (unpaired) electrons. The van der Waals surface area contributed by atoms with Crippen LogP contribution in [0.3, 0.4) is 0 Å². The van der Waals surface area contributed by atoms with Gasteiger partial charge in [0.1, 0.15) is 12.1 Å². The number of phenols is 1. The number of carbonyl (C=O) groups is 1. The van der Waals surface area contributed by atoms with Gasteiger partial charge in [-0.25, -0.2) is 9.67 Å². The number of hydrogen-bond acceptors (Lipinski definition) is 4. The number of amides is 1. The van der Waals surface area contributed by atoms with Gasteiger partial charge in [-0.05, 0) is 102 Å². The molecule has 2 N–H and O–H groups in total. The summed E-state index contributed by atoms with van der Waals surface area (Å²) in [4.78, 5) is 18.0. The molecule has 0 aliphatic heterocycles. The van der Waals surface area contributed by atoms with Crippen molar-refractivity contribution in [2.75, 3.05) is 5.32 Å². The van der Waals surface area contributed by atoms with Crippen LogP contribution in [0, 0.1) is 24.2 Å². The van der Waals surface area contributed by atoms with Crippen LogP contribution in [0.15, 0.2) is 23.2 Å². The highest BCUT2D eigenvalue weighted by molar-refractivity contribution is 9.10. The second-order valence-corrected chi connectivity index (χ2v) is 11.0. The molecule has 0 unspecified atom stereocenters. The smallest absolute Gasteiger partial charge is 0.230 e. The van der Waals surface area contributed by atoms with Crippen molar-refractivity contribution in [3.63, 3.8) is 0 Å². The third-order valence-corrected chi connectivity index (χ3v) is 8.07. The summed E-state index contributed by atoms with van der Waals surface area (Å²) in [6.45, 7) is 6.04. The van der Waals surface area contributed by atoms with Crippen molar-refractivity contribution in [1.82, 2.24) is 14.8 Å². The first kappa shape index (κ1) is 20.0. The molecular weight excluding hydrogens is 444 g/mol. The maximum atomic E-state index is 13.7. The lowest BCUT2D eigenvalue weighted by Crippen LogP contribution is -2.60. The first-order valence-corrected chi connectivity index (χ1v) is 11.7. The Morgan fingerprint density at radius 2 is 1.97 bits per heavy atom. The highest BCUT2D eigenvalue weighted by Gasteiger charge is 2.61. The second-order valence-electron chi connectivity index (χ2n) is 10.3. The molecule has 4 aliphatic rings. The Labute approximate surface area is 185 Å². The summed E-state index contributed by atoms with van der Waals surface area (Å²) < 4.78 is 2.64. The Balaban J connectivity index is 1.47. The second kappa shape index (κ2) is 6.81. The van der Waals surface area contributed by atoms with Gasteiger partial charge in [-0.15, -0.1) is 5.10 Å². The summed E-state index contributed by atoms with van der Waals surface area (Å²) in [5, 5.41) is 18.1. The lowest BCUT2D eigenvalue weighted by molar-refractivity contribution is -0.150. The Bertz CT molecular complexity index is 1000. The Morgan fingerprint density at radius 1 is 1.27 bits per heavy atom. The molecule has 4 fully saturated rings. The number of hydrogen-bond donors (Lipinski definition) is 2. The molecule has 7 heteroatoms. The molecule has 1 amide bonds. The fourth-order valence-corrected chi connectivity index (χ4v) is 7.04. The zero-order chi connectivity index (χ0) is 21.3. The summed E-state index contributed by atoms with van der Waals surface area (Å²) in [7, 11) is 0. The molecule has 6 rings (SSSR count). The summed E-state index contributed by atoms with van der Waals surface area (Å²) in [6, 6.07) is 3.71. The van der Waals surface area contributed by atoms with E-state index < -0.39 is 0 Å². The molecule has 1 heterocycles. The molecule has 160 valence electrons. The molecular formula is C23H29BrN4O2. The normalized spacial score (nSPS) is 32.0. The third kappa shape index (κ3) is 3.08. The molecule has 30 heavy (non-hydrogen) atoms. The lowest BCUT2D eigenvalue weighted by atomic mass is 9.46. The van der Waals surface area contributed by atoms with E-state index in [4.69, 9.17) is 0 Å². The number of aromatic nitrogens is 3. The number of carbonyl (C=O) groups excluding carboxylic acids is 1. The van der Waals surface area contributed by atoms with Crippen LogP contribution < -0.4 is 5.32 Å². The van der Waals surface area contributed by atoms with Gasteiger partial charge >= 0.3 is 0 Å². The van der Waals surface area contributed by atoms with Gasteiger partial charge in [-0.3, -0.25) is 4.79 Å². The number of phenolic OH excluding ortho intramolecular Hbond substituents is 1. The van der Waals surface area contributed by atoms with Gasteiger partial charge in [-0.2, -0.15) is 0 Å². The van der Waals surface area contributed by atoms with Crippen LogP contribution in [0.5, 0.6) is 5.75 Å². The number of anilines is 1. The molecule has 1 aromatic heterocycles. The lowest BCUT2D eigenvalue weighted by Gasteiger charge is -2.60. The molecule has 1 aromatic carbocycles. The molecule has 0 spiro atoms. The van der Waals surface area contributed by atoms with Crippen molar-refractivity contribution in [3.8, 4) is 5.75 Å². The maximum absolute atomic E-state index is 13.7. The van der Waals surface area contributed by atoms with E-state index >= 15 is 0 Å². The Morgan fingerprint density at radius 3 is 2.57 bits per heavy atom. The van der Waals surface area contributed by atoms with Crippen LogP contribution >= 0.6 is 15.9 Å². The average Bonchev–Trinajstić information content (AvgIpc) is 3.10. The topological polar surface area (TPSA) is 80.0 Å². The number of aromatic hydroxyl groups is 1. The fourth-order valence-electron chi connectivity index (χ4n) is 6.78. The number of aryl methyl sites for hydroxylation is 1. The first-order valence-electron chi connectivity index (χ1n) is 10.9. The van der Waals surface area contributed by atoms with E-state index in [9.17, 15) is 9.90 Å². The molecule has 4 aliphatic carbocycles. The maximum Gasteiger partial charge on any atom is 0.230 e. The van der Waals surface area contributed by atoms with E-state index in [1.165, 1.54) is 6.42 Å². The van der Waals surface area contributed by atoms with E-state index in [-0.39, 0.29) is 22.8 Å². The summed E-state index contributed by atoms with van der Waals surface area (Å²) in [5.74, 6) is 1.74. The minimum atomic E-state index is -0.356. The van der Waals surface area contributed by atoms with Crippen molar-refractivity contribution in [1.29, 1.82) is 0 Å². The molecule has 4 bridgehead atoms. The van der Waals surface area contributed by atoms with Crippen molar-refractivity contribution in [2.45, 2.75) is 70.8 Å². The van der Waals surface area contributed by atoms with Gasteiger partial charge in [0, 0.05) is 5.69 Å². The van der Waals surface area contributed by atoms with Crippen LogP contribution in [0.1, 0.15) is 69.4 Å². The van der Waals surface area contributed by atoms with Crippen molar-refractivity contribution >= 4 is 27.5 Å². The summed E-state index contributed by atoms with van der Waals surface area (Å²) in [6.07, 6.45) is 7.96. The molecule has 0 saturated heterocycles. The number of benzene rings is 1. The molecule has 2 atom stereocenters. The van der Waals surface area contributed by atoms with Gasteiger partial charge in [-0.1, -0.05) is 13.8 Å². The van der Waals surface area contributed by atoms with Gasteiger partial charge in [0.05, 0.1) is 11.0 Å². The highest BCUT2D eigenvalue weighted by Crippen LogP contribution is 2.64. The predicted molar refractivity (Wildman–Crippen MR) is 118 cm³/mol. The quantitative estimate of drug-likeness (QED) is 0.605. The molecule has 6 nitrogen and oxygen atoms in total. The van der Waals surface area contributed by atoms with E-state index in [0.29, 0.717) is 22.3 Å². The van der Waals surface area contributed by atoms with E-state index in [1.807, 2.05) is 24.0 Å². The van der Waals surface area contributed by atoms with Gasteiger partial charge < -0.3 is 10.4 Å². The zero-order valence-corrected chi connectivity index (χ0v) is 19.4. The highest BCUT2D eigenvalue weighted by atomic mass is 79.9. The van der Waals surface area contributed by atoms with Crippen molar-refractivity contribution < 1.29 is 9.90 Å². The average molecular weight is 473 g/mol. The zero-order valence-electron chi connectivity index (χ0n) is 17.8. The van der Waals surface area contributed by atoms with E-state index in [2.05, 4.69) is 45.2 Å². The van der Waals surface area contributed by atoms with Crippen LogP contribution in [0.2, 0.25) is 0 Å². The largest absolute Gasteiger partial charge is 0.508 e. The van der Waals surface area contributed by atoms with Crippen molar-refractivity contribution in [2.24, 2.45) is 17.3 Å². The van der Waals surface area contributed by atoms with E-state index in [1.54, 1.807) is 6.07 Å². The summed E-state index contributed by atoms with van der Waals surface area (Å²) >= 11 is 3.39. The first-order chi connectivity index (χ1) is 14.2. The SMILES string of the molecule is Cc1cc(O)c(C(C)C)cc1NC(=O)C12C[C@@H]3C[C@@H](C1)CC(n1cnc(Br)n1)(C3)C2. The van der Waals surface area contributed by atoms with Crippen LogP contribution in [0.4, 0.5) is 5.69 Å². The number of rotatable bonds is 4. The Hall–Kier alpha value is -1.89. The van der Waals surface area contributed by atoms with Gasteiger partial charge in [0.25, 0.3) is 0 Å². The summed E-state index contributed by atoms with van der Waals surface area (Å²) in [5.41, 5.74) is 2.11. The monoisotopic (exact) mass is 472 g/mol. The number of nitrogens with zero attached hydrogens (tertiary/aromatic N) is 3. The van der Waals surface area contributed by atoms with Crippen LogP contribution in [-0.2, 0) is 10.3 Å². The number of halogens is 1. The molecule has 2 aromatic rings. The standard InChI is InChI=1S/C23H29BrN4O2/c1-13(2)17-6-18(14(3)4-19(17)29)26-20(30)22-7-15-5-16(8-22)10-23(9-15,11-22)28-12-25-21(24)27-28/h4,6,12-13,15-16,29H,5,7-11H2,1-3H3,(H,26,30)/t15-,16-,22?,23?/m0/s1. The van der Waals surface area contributed by atoms with Gasteiger partial charge in [0.2, 0.25) is 10.6 Å². The minimum absolute atomic E-state index is 0.104.